The fourth-order valence-corrected chi connectivity index (χ4v) is 1.08. The maximum Gasteiger partial charge on any atom is 0.254 e. The van der Waals surface area contributed by atoms with Crippen LogP contribution in [0.3, 0.4) is 0 Å². The Balaban J connectivity index is 2.85. The number of nitrogens with one attached hydrogen (secondary N) is 1. The second-order valence-corrected chi connectivity index (χ2v) is 3.69. The Labute approximate surface area is 96.6 Å². The summed E-state index contributed by atoms with van der Waals surface area (Å²) < 4.78 is 25.8. The molecule has 0 bridgehead atoms. The van der Waals surface area contributed by atoms with Gasteiger partial charge in [0.1, 0.15) is 11.6 Å². The quantitative estimate of drug-likeness (QED) is 0.789. The van der Waals surface area contributed by atoms with Crippen LogP contribution in [0.4, 0.5) is 8.78 Å². The normalized spacial score (nSPS) is 11.9. The topological polar surface area (TPSA) is 55.1 Å². The zero-order valence-electron chi connectivity index (χ0n) is 8.46. The first kappa shape index (κ1) is 12.5. The van der Waals surface area contributed by atoms with E-state index in [4.69, 9.17) is 5.73 Å². The van der Waals surface area contributed by atoms with E-state index in [1.807, 2.05) is 0 Å². The van der Waals surface area contributed by atoms with Gasteiger partial charge in [-0.3, -0.25) is 4.79 Å². The first-order valence-electron chi connectivity index (χ1n) is 4.47. The molecule has 0 fully saturated rings. The molecule has 16 heavy (non-hydrogen) atoms. The molecule has 1 unspecified atom stereocenters. The Morgan fingerprint density at radius 2 is 2.12 bits per heavy atom. The highest BCUT2D eigenvalue weighted by atomic mass is 32.1. The summed E-state index contributed by atoms with van der Waals surface area (Å²) in [7, 11) is 0. The Bertz CT molecular complexity index is 437. The number of carbonyl (C=O) groups is 1. The van der Waals surface area contributed by atoms with Crippen LogP contribution in [-0.2, 0) is 0 Å². The molecule has 0 aliphatic heterocycles. The lowest BCUT2D eigenvalue weighted by Crippen LogP contribution is -2.41. The molecule has 0 spiro atoms. The summed E-state index contributed by atoms with van der Waals surface area (Å²) in [6.07, 6.45) is 0. The molecule has 3 nitrogen and oxygen atoms in total. The molecular weight excluding hydrogens is 234 g/mol. The molecular formula is C10H10F2N2OS. The number of rotatable bonds is 3. The number of benzene rings is 1. The van der Waals surface area contributed by atoms with Gasteiger partial charge in [0.05, 0.1) is 16.6 Å². The molecule has 3 N–H and O–H groups in total. The van der Waals surface area contributed by atoms with Gasteiger partial charge in [-0.2, -0.15) is 0 Å². The molecule has 6 heteroatoms. The van der Waals surface area contributed by atoms with Gasteiger partial charge in [-0.1, -0.05) is 12.2 Å². The van der Waals surface area contributed by atoms with Crippen LogP contribution in [0, 0.1) is 11.6 Å². The van der Waals surface area contributed by atoms with E-state index in [1.165, 1.54) is 0 Å². The smallest absolute Gasteiger partial charge is 0.254 e. The van der Waals surface area contributed by atoms with Crippen LogP contribution in [0.5, 0.6) is 0 Å². The van der Waals surface area contributed by atoms with Crippen molar-refractivity contribution in [1.29, 1.82) is 0 Å². The van der Waals surface area contributed by atoms with Gasteiger partial charge in [0.25, 0.3) is 5.91 Å². The van der Waals surface area contributed by atoms with Gasteiger partial charge in [0.15, 0.2) is 0 Å². The number of hydrogen-bond acceptors (Lipinski definition) is 2. The zero-order chi connectivity index (χ0) is 12.3. The minimum atomic E-state index is -0.923. The molecule has 0 aliphatic carbocycles. The monoisotopic (exact) mass is 244 g/mol. The largest absolute Gasteiger partial charge is 0.392 e. The number of hydrogen-bond donors (Lipinski definition) is 2. The van der Waals surface area contributed by atoms with E-state index < -0.39 is 23.6 Å². The van der Waals surface area contributed by atoms with Crippen LogP contribution in [-0.4, -0.2) is 16.9 Å². The lowest BCUT2D eigenvalue weighted by atomic mass is 10.2. The fraction of sp³-hybridized carbons (Fsp3) is 0.200. The molecule has 0 heterocycles. The van der Waals surface area contributed by atoms with Crippen molar-refractivity contribution < 1.29 is 13.6 Å². The molecule has 1 aromatic carbocycles. The second kappa shape index (κ2) is 4.98. The predicted molar refractivity (Wildman–Crippen MR) is 60.1 cm³/mol. The van der Waals surface area contributed by atoms with Crippen LogP contribution in [0.1, 0.15) is 17.3 Å². The fourth-order valence-electron chi connectivity index (χ4n) is 1.02. The number of thiocarbonyl (C=S) groups is 1. The summed E-state index contributed by atoms with van der Waals surface area (Å²) in [4.78, 5) is 11.6. The van der Waals surface area contributed by atoms with Gasteiger partial charge >= 0.3 is 0 Å². The van der Waals surface area contributed by atoms with Crippen LogP contribution < -0.4 is 11.1 Å². The van der Waals surface area contributed by atoms with E-state index in [0.29, 0.717) is 6.07 Å². The van der Waals surface area contributed by atoms with Gasteiger partial charge < -0.3 is 11.1 Å². The Kier molecular flexibility index (Phi) is 3.89. The molecule has 0 aromatic heterocycles. The summed E-state index contributed by atoms with van der Waals surface area (Å²) in [5.41, 5.74) is 5.04. The van der Waals surface area contributed by atoms with Crippen LogP contribution in [0.15, 0.2) is 18.2 Å². The van der Waals surface area contributed by atoms with Gasteiger partial charge in [-0.05, 0) is 19.1 Å². The summed E-state index contributed by atoms with van der Waals surface area (Å²) in [6.45, 7) is 1.57. The van der Waals surface area contributed by atoms with Crippen molar-refractivity contribution in [3.05, 3.63) is 35.4 Å². The Morgan fingerprint density at radius 1 is 1.50 bits per heavy atom. The lowest BCUT2D eigenvalue weighted by molar-refractivity contribution is 0.0945. The van der Waals surface area contributed by atoms with Crippen molar-refractivity contribution >= 4 is 23.1 Å². The highest BCUT2D eigenvalue weighted by Crippen LogP contribution is 2.09. The average Bonchev–Trinajstić information content (AvgIpc) is 2.16. The molecule has 1 atom stereocenters. The Hall–Kier alpha value is -1.56. The third kappa shape index (κ3) is 2.96. The van der Waals surface area contributed by atoms with E-state index in [0.717, 1.165) is 12.1 Å². The number of halogens is 2. The minimum absolute atomic E-state index is 0.0934. The number of amides is 1. The van der Waals surface area contributed by atoms with Crippen LogP contribution >= 0.6 is 12.2 Å². The van der Waals surface area contributed by atoms with Crippen molar-refractivity contribution in [2.75, 3.05) is 0 Å². The highest BCUT2D eigenvalue weighted by molar-refractivity contribution is 7.80. The zero-order valence-corrected chi connectivity index (χ0v) is 9.28. The molecule has 86 valence electrons. The van der Waals surface area contributed by atoms with Gasteiger partial charge in [-0.15, -0.1) is 0 Å². The molecule has 0 radical (unpaired) electrons. The third-order valence-corrected chi connectivity index (χ3v) is 2.30. The SMILES string of the molecule is CC(NC(=O)c1ccc(F)cc1F)C(N)=S. The first-order valence-corrected chi connectivity index (χ1v) is 4.88. The molecule has 0 saturated carbocycles. The van der Waals surface area contributed by atoms with E-state index in [2.05, 4.69) is 17.5 Å². The number of nitrogens with two attached hydrogens (primary N) is 1. The van der Waals surface area contributed by atoms with Crippen molar-refractivity contribution in [3.63, 3.8) is 0 Å². The van der Waals surface area contributed by atoms with Gasteiger partial charge in [-0.25, -0.2) is 8.78 Å². The molecule has 1 rings (SSSR count). The van der Waals surface area contributed by atoms with Crippen molar-refractivity contribution in [1.82, 2.24) is 5.32 Å². The summed E-state index contributed by atoms with van der Waals surface area (Å²) >= 11 is 4.65. The van der Waals surface area contributed by atoms with E-state index in [1.54, 1.807) is 6.92 Å². The van der Waals surface area contributed by atoms with Crippen molar-refractivity contribution in [2.24, 2.45) is 5.73 Å². The summed E-state index contributed by atoms with van der Waals surface area (Å²) in [6, 6.07) is 2.16. The standard InChI is InChI=1S/C10H10F2N2OS/c1-5(9(13)16)14-10(15)7-3-2-6(11)4-8(7)12/h2-5H,1H3,(H2,13,16)(H,14,15). The highest BCUT2D eigenvalue weighted by Gasteiger charge is 2.15. The predicted octanol–water partition coefficient (Wildman–Crippen LogP) is 1.37. The van der Waals surface area contributed by atoms with E-state index in [-0.39, 0.29) is 10.6 Å². The van der Waals surface area contributed by atoms with Gasteiger partial charge in [0, 0.05) is 6.07 Å². The van der Waals surface area contributed by atoms with Crippen molar-refractivity contribution in [3.8, 4) is 0 Å². The van der Waals surface area contributed by atoms with E-state index in [9.17, 15) is 13.6 Å². The third-order valence-electron chi connectivity index (χ3n) is 1.95. The van der Waals surface area contributed by atoms with Gasteiger partial charge in [0.2, 0.25) is 0 Å². The lowest BCUT2D eigenvalue weighted by Gasteiger charge is -2.12. The number of carbonyl (C=O) groups excluding carboxylic acids is 1. The van der Waals surface area contributed by atoms with Crippen LogP contribution in [0.25, 0.3) is 0 Å². The molecule has 1 aromatic rings. The van der Waals surface area contributed by atoms with E-state index >= 15 is 0 Å². The summed E-state index contributed by atoms with van der Waals surface area (Å²) in [5.74, 6) is -2.35. The summed E-state index contributed by atoms with van der Waals surface area (Å²) in [5, 5.41) is 2.39. The second-order valence-electron chi connectivity index (χ2n) is 3.22. The van der Waals surface area contributed by atoms with Crippen molar-refractivity contribution in [2.45, 2.75) is 13.0 Å². The first-order chi connectivity index (χ1) is 7.41. The molecule has 1 amide bonds. The molecule has 0 saturated heterocycles. The Morgan fingerprint density at radius 3 is 2.62 bits per heavy atom. The van der Waals surface area contributed by atoms with Crippen LogP contribution in [0.2, 0.25) is 0 Å². The molecule has 0 aliphatic rings. The minimum Gasteiger partial charge on any atom is -0.392 e. The average molecular weight is 244 g/mol. The maximum atomic E-state index is 13.2. The maximum absolute atomic E-state index is 13.2.